The molecule has 0 radical (unpaired) electrons. The number of amides is 1. The highest BCUT2D eigenvalue weighted by Crippen LogP contribution is 2.50. The topological polar surface area (TPSA) is 88.1 Å². The molecule has 244 valence electrons. The molecule has 1 saturated heterocycles. The summed E-state index contributed by atoms with van der Waals surface area (Å²) in [6.07, 6.45) is 1.79. The Labute approximate surface area is 262 Å². The van der Waals surface area contributed by atoms with Crippen molar-refractivity contribution < 1.29 is 37.3 Å². The van der Waals surface area contributed by atoms with E-state index in [4.69, 9.17) is 9.47 Å². The highest BCUT2D eigenvalue weighted by atomic mass is 19.4. The molecule has 2 aliphatic heterocycles. The maximum Gasteiger partial charge on any atom is 0.417 e. The molecule has 5 atom stereocenters. The number of nitrogens with one attached hydrogen (secondary N) is 1. The second-order valence-electron chi connectivity index (χ2n) is 13.8. The van der Waals surface area contributed by atoms with Crippen molar-refractivity contribution in [1.29, 1.82) is 0 Å². The number of hydrogen-bond donors (Lipinski definition) is 2. The zero-order valence-electron chi connectivity index (χ0n) is 26.0. The summed E-state index contributed by atoms with van der Waals surface area (Å²) in [5, 5.41) is 13.1. The number of carbonyl (C=O) groups is 2. The molecule has 2 heterocycles. The number of hydrogen-bond acceptors (Lipinski definition) is 5. The molecule has 2 aliphatic carbocycles. The maximum atomic E-state index is 14.5. The summed E-state index contributed by atoms with van der Waals surface area (Å²) in [4.78, 5) is 28.2. The summed E-state index contributed by atoms with van der Waals surface area (Å²) < 4.78 is 54.9. The van der Waals surface area contributed by atoms with E-state index in [1.54, 1.807) is 6.92 Å². The number of carbonyl (C=O) groups excluding carboxylic acids is 1. The zero-order chi connectivity index (χ0) is 31.9. The first-order valence-corrected chi connectivity index (χ1v) is 16.3. The van der Waals surface area contributed by atoms with E-state index in [0.717, 1.165) is 62.0 Å². The predicted molar refractivity (Wildman–Crippen MR) is 164 cm³/mol. The number of carboxylic acid groups (broad SMARTS) is 1. The summed E-state index contributed by atoms with van der Waals surface area (Å²) in [6.45, 7) is 6.55. The monoisotopic (exact) mass is 628 g/mol. The van der Waals surface area contributed by atoms with Crippen LogP contribution in [-0.4, -0.2) is 48.9 Å². The Kier molecular flexibility index (Phi) is 8.80. The van der Waals surface area contributed by atoms with E-state index in [9.17, 15) is 27.9 Å². The fourth-order valence-electron chi connectivity index (χ4n) is 8.56. The Morgan fingerprint density at radius 1 is 1.07 bits per heavy atom. The van der Waals surface area contributed by atoms with E-state index in [1.807, 2.05) is 23.1 Å². The van der Waals surface area contributed by atoms with Gasteiger partial charge in [0.25, 0.3) is 5.91 Å². The van der Waals surface area contributed by atoms with E-state index >= 15 is 0 Å². The standard InChI is InChI=1S/C35H43F3N2O5/c1-21-15-24-17-22(2)34(33(42)43,26(16-21)18-24)39-32(41)29-5-3-27(20-30(29)35(36,37)38)40-11-7-25-19-28(4-6-31(25)40)45-14-10-23-8-12-44-13-9-23/h3-6,19-24,26H,7-18H2,1-2H3,(H,39,41)(H,42,43). The van der Waals surface area contributed by atoms with Gasteiger partial charge in [0.05, 0.1) is 17.7 Å². The van der Waals surface area contributed by atoms with Crippen LogP contribution in [0, 0.1) is 29.6 Å². The van der Waals surface area contributed by atoms with Crippen molar-refractivity contribution in [2.24, 2.45) is 29.6 Å². The van der Waals surface area contributed by atoms with Gasteiger partial charge in [-0.25, -0.2) is 4.79 Å². The van der Waals surface area contributed by atoms with Crippen molar-refractivity contribution in [1.82, 2.24) is 5.32 Å². The SMILES string of the molecule is CC1CC2CC(C)C(NC(=O)c3ccc(N4CCc5cc(OCCC6CCOCC6)ccc54)cc3C(F)(F)F)(C(=O)O)C(C1)C2. The lowest BCUT2D eigenvalue weighted by molar-refractivity contribution is -0.155. The van der Waals surface area contributed by atoms with Crippen molar-refractivity contribution in [2.45, 2.75) is 76.9 Å². The van der Waals surface area contributed by atoms with Gasteiger partial charge in [0, 0.05) is 31.1 Å². The molecule has 0 aromatic heterocycles. The molecule has 2 saturated carbocycles. The Morgan fingerprint density at radius 3 is 2.58 bits per heavy atom. The summed E-state index contributed by atoms with van der Waals surface area (Å²) in [5.74, 6) is -0.899. The molecule has 2 bridgehead atoms. The molecular formula is C35H43F3N2O5. The number of aliphatic carboxylic acids is 1. The largest absolute Gasteiger partial charge is 0.494 e. The minimum Gasteiger partial charge on any atom is -0.494 e. The van der Waals surface area contributed by atoms with Crippen molar-refractivity contribution in [3.8, 4) is 5.75 Å². The number of fused-ring (bicyclic) bond motifs is 3. The van der Waals surface area contributed by atoms with Crippen LogP contribution >= 0.6 is 0 Å². The normalized spacial score (nSPS) is 28.4. The summed E-state index contributed by atoms with van der Waals surface area (Å²) in [6, 6.07) is 9.40. The van der Waals surface area contributed by atoms with Crippen molar-refractivity contribution in [3.05, 3.63) is 53.1 Å². The first-order chi connectivity index (χ1) is 21.5. The molecule has 3 fully saturated rings. The fraction of sp³-hybridized carbons (Fsp3) is 0.600. The molecule has 2 N–H and O–H groups in total. The Balaban J connectivity index is 1.21. The molecule has 6 rings (SSSR count). The summed E-state index contributed by atoms with van der Waals surface area (Å²) >= 11 is 0. The highest BCUT2D eigenvalue weighted by molar-refractivity contribution is 6.00. The first kappa shape index (κ1) is 31.7. The van der Waals surface area contributed by atoms with Crippen LogP contribution in [-0.2, 0) is 22.1 Å². The minimum absolute atomic E-state index is 0.296. The molecule has 2 aromatic carbocycles. The van der Waals surface area contributed by atoms with Crippen molar-refractivity contribution >= 4 is 23.3 Å². The van der Waals surface area contributed by atoms with E-state index < -0.39 is 40.6 Å². The average Bonchev–Trinajstić information content (AvgIpc) is 3.42. The van der Waals surface area contributed by atoms with E-state index in [1.165, 1.54) is 12.1 Å². The molecule has 2 aromatic rings. The second kappa shape index (κ2) is 12.5. The van der Waals surface area contributed by atoms with Gasteiger partial charge in [-0.05, 0) is 123 Å². The van der Waals surface area contributed by atoms with Crippen LogP contribution in [0.5, 0.6) is 5.75 Å². The number of nitrogens with zero attached hydrogens (tertiary/aromatic N) is 1. The van der Waals surface area contributed by atoms with Crippen LogP contribution in [0.25, 0.3) is 0 Å². The minimum atomic E-state index is -4.81. The van der Waals surface area contributed by atoms with E-state index in [-0.39, 0.29) is 5.92 Å². The van der Waals surface area contributed by atoms with Crippen LogP contribution in [0.4, 0.5) is 24.5 Å². The van der Waals surface area contributed by atoms with Gasteiger partial charge < -0.3 is 24.8 Å². The molecule has 0 spiro atoms. The fourth-order valence-corrected chi connectivity index (χ4v) is 8.56. The van der Waals surface area contributed by atoms with Gasteiger partial charge >= 0.3 is 12.1 Å². The quantitative estimate of drug-likeness (QED) is 0.321. The lowest BCUT2D eigenvalue weighted by Gasteiger charge is -2.52. The molecule has 7 nitrogen and oxygen atoms in total. The van der Waals surface area contributed by atoms with Crippen LogP contribution in [0.1, 0.15) is 80.3 Å². The predicted octanol–water partition coefficient (Wildman–Crippen LogP) is 7.24. The third kappa shape index (κ3) is 6.27. The molecule has 1 amide bonds. The smallest absolute Gasteiger partial charge is 0.417 e. The number of alkyl halides is 3. The third-order valence-corrected chi connectivity index (χ3v) is 10.8. The second-order valence-corrected chi connectivity index (χ2v) is 13.8. The number of ether oxygens (including phenoxy) is 2. The van der Waals surface area contributed by atoms with Gasteiger partial charge in [-0.2, -0.15) is 13.2 Å². The van der Waals surface area contributed by atoms with Crippen molar-refractivity contribution in [2.75, 3.05) is 31.3 Å². The van der Waals surface area contributed by atoms with Gasteiger partial charge in [-0.3, -0.25) is 4.79 Å². The van der Waals surface area contributed by atoms with Gasteiger partial charge in [0.2, 0.25) is 0 Å². The molecule has 10 heteroatoms. The average molecular weight is 629 g/mol. The Bertz CT molecular complexity index is 1420. The van der Waals surface area contributed by atoms with Gasteiger partial charge in [-0.15, -0.1) is 0 Å². The summed E-state index contributed by atoms with van der Waals surface area (Å²) in [5.41, 5.74) is -1.12. The molecule has 5 unspecified atom stereocenters. The Morgan fingerprint density at radius 2 is 1.84 bits per heavy atom. The highest BCUT2D eigenvalue weighted by Gasteiger charge is 2.57. The number of halogens is 3. The zero-order valence-corrected chi connectivity index (χ0v) is 26.0. The first-order valence-electron chi connectivity index (χ1n) is 16.3. The third-order valence-electron chi connectivity index (χ3n) is 10.8. The van der Waals surface area contributed by atoms with Crippen LogP contribution in [0.15, 0.2) is 36.4 Å². The van der Waals surface area contributed by atoms with Crippen molar-refractivity contribution in [3.63, 3.8) is 0 Å². The molecule has 45 heavy (non-hydrogen) atoms. The maximum absolute atomic E-state index is 14.5. The number of carboxylic acids is 1. The number of rotatable bonds is 8. The van der Waals surface area contributed by atoms with E-state index in [0.29, 0.717) is 62.3 Å². The lowest BCUT2D eigenvalue weighted by Crippen LogP contribution is -2.66. The number of anilines is 2. The van der Waals surface area contributed by atoms with Gasteiger partial charge in [0.15, 0.2) is 0 Å². The van der Waals surface area contributed by atoms with E-state index in [2.05, 4.69) is 12.2 Å². The molecule has 4 aliphatic rings. The van der Waals surface area contributed by atoms with Crippen LogP contribution in [0.3, 0.4) is 0 Å². The Hall–Kier alpha value is -3.27. The van der Waals surface area contributed by atoms with Crippen LogP contribution < -0.4 is 15.0 Å². The van der Waals surface area contributed by atoms with Crippen LogP contribution in [0.2, 0.25) is 0 Å². The lowest BCUT2D eigenvalue weighted by atomic mass is 9.56. The van der Waals surface area contributed by atoms with Gasteiger partial charge in [0.1, 0.15) is 11.3 Å². The van der Waals surface area contributed by atoms with Gasteiger partial charge in [-0.1, -0.05) is 13.8 Å². The number of benzene rings is 2. The molecular weight excluding hydrogens is 585 g/mol. The summed E-state index contributed by atoms with van der Waals surface area (Å²) in [7, 11) is 0.